The molecule has 0 fully saturated rings. The van der Waals surface area contributed by atoms with Crippen LogP contribution in [-0.2, 0) is 0 Å². The van der Waals surface area contributed by atoms with E-state index >= 15 is 0 Å². The molecule has 2 aromatic rings. The van der Waals surface area contributed by atoms with Gasteiger partial charge in [-0.25, -0.2) is 0 Å². The number of aromatic nitrogens is 1. The van der Waals surface area contributed by atoms with Gasteiger partial charge in [0.05, 0.1) is 5.52 Å². The van der Waals surface area contributed by atoms with Crippen molar-refractivity contribution in [1.82, 2.24) is 4.40 Å². The van der Waals surface area contributed by atoms with Crippen LogP contribution in [0.2, 0.25) is 0 Å². The predicted molar refractivity (Wildman–Crippen MR) is 54.2 cm³/mol. The molecule has 0 saturated carbocycles. The van der Waals surface area contributed by atoms with Crippen LogP contribution in [0.4, 0.5) is 5.82 Å². The zero-order valence-corrected chi connectivity index (χ0v) is 8.30. The minimum atomic E-state index is 0.803. The second-order valence-corrected chi connectivity index (χ2v) is 3.57. The van der Waals surface area contributed by atoms with Crippen LogP contribution >= 0.6 is 15.9 Å². The molecule has 2 heterocycles. The fourth-order valence-corrected chi connectivity index (χ4v) is 1.84. The average molecular weight is 225 g/mol. The molecule has 62 valence electrons. The highest BCUT2D eigenvalue weighted by Crippen LogP contribution is 2.29. The molecule has 0 spiro atoms. The second kappa shape index (κ2) is 2.52. The first-order valence-electron chi connectivity index (χ1n) is 3.72. The highest BCUT2D eigenvalue weighted by molar-refractivity contribution is 9.10. The van der Waals surface area contributed by atoms with Gasteiger partial charge >= 0.3 is 0 Å². The highest BCUT2D eigenvalue weighted by Gasteiger charge is 2.08. The van der Waals surface area contributed by atoms with Gasteiger partial charge < -0.3 is 10.1 Å². The van der Waals surface area contributed by atoms with Gasteiger partial charge in [0.2, 0.25) is 0 Å². The number of halogens is 1. The zero-order chi connectivity index (χ0) is 8.72. The van der Waals surface area contributed by atoms with Gasteiger partial charge in [0.25, 0.3) is 0 Å². The highest BCUT2D eigenvalue weighted by atomic mass is 79.9. The standard InChI is InChI=1S/C9H9BrN2/c1-6-8(10)7-4-2-3-5-12(7)9(6)11/h2-5H,11H2,1H3. The second-order valence-electron chi connectivity index (χ2n) is 2.78. The largest absolute Gasteiger partial charge is 0.385 e. The van der Waals surface area contributed by atoms with Crippen LogP contribution in [0.3, 0.4) is 0 Å². The summed E-state index contributed by atoms with van der Waals surface area (Å²) in [6, 6.07) is 6.00. The smallest absolute Gasteiger partial charge is 0.112 e. The first-order chi connectivity index (χ1) is 5.72. The summed E-state index contributed by atoms with van der Waals surface area (Å²) in [5, 5.41) is 0. The van der Waals surface area contributed by atoms with Crippen LogP contribution in [0.1, 0.15) is 5.56 Å². The van der Waals surface area contributed by atoms with Crippen LogP contribution < -0.4 is 5.73 Å². The van der Waals surface area contributed by atoms with Crippen molar-refractivity contribution in [1.29, 1.82) is 0 Å². The molecule has 0 aliphatic heterocycles. The van der Waals surface area contributed by atoms with Crippen molar-refractivity contribution in [3.05, 3.63) is 34.4 Å². The summed E-state index contributed by atoms with van der Waals surface area (Å²) < 4.78 is 3.06. The van der Waals surface area contributed by atoms with Crippen molar-refractivity contribution >= 4 is 27.3 Å². The minimum Gasteiger partial charge on any atom is -0.385 e. The monoisotopic (exact) mass is 224 g/mol. The number of nitrogen functional groups attached to an aromatic ring is 1. The Morgan fingerprint density at radius 2 is 2.17 bits per heavy atom. The summed E-state index contributed by atoms with van der Waals surface area (Å²) in [5.41, 5.74) is 8.09. The summed E-state index contributed by atoms with van der Waals surface area (Å²) in [7, 11) is 0. The lowest BCUT2D eigenvalue weighted by Gasteiger charge is -1.95. The Bertz CT molecular complexity index is 392. The summed E-state index contributed by atoms with van der Waals surface area (Å²) in [4.78, 5) is 0. The van der Waals surface area contributed by atoms with E-state index in [9.17, 15) is 0 Å². The zero-order valence-electron chi connectivity index (χ0n) is 6.71. The molecular weight excluding hydrogens is 216 g/mol. The Kier molecular flexibility index (Phi) is 1.61. The number of pyridine rings is 1. The molecular formula is C9H9BrN2. The van der Waals surface area contributed by atoms with E-state index in [1.54, 1.807) is 0 Å². The van der Waals surface area contributed by atoms with Crippen LogP contribution in [0, 0.1) is 6.92 Å². The maximum absolute atomic E-state index is 5.87. The fraction of sp³-hybridized carbons (Fsp3) is 0.111. The van der Waals surface area contributed by atoms with Crippen molar-refractivity contribution < 1.29 is 0 Å². The van der Waals surface area contributed by atoms with E-state index in [0.29, 0.717) is 0 Å². The molecule has 0 unspecified atom stereocenters. The van der Waals surface area contributed by atoms with Gasteiger partial charge in [0.15, 0.2) is 0 Å². The van der Waals surface area contributed by atoms with Crippen LogP contribution in [-0.4, -0.2) is 4.40 Å². The van der Waals surface area contributed by atoms with Crippen molar-refractivity contribution in [3.8, 4) is 0 Å². The lowest BCUT2D eigenvalue weighted by molar-refractivity contribution is 1.20. The summed E-state index contributed by atoms with van der Waals surface area (Å²) in [5.74, 6) is 0.803. The fourth-order valence-electron chi connectivity index (χ4n) is 1.32. The van der Waals surface area contributed by atoms with Crippen molar-refractivity contribution in [2.24, 2.45) is 0 Å². The Balaban J connectivity index is 2.99. The first kappa shape index (κ1) is 7.68. The summed E-state index contributed by atoms with van der Waals surface area (Å²) >= 11 is 3.50. The van der Waals surface area contributed by atoms with E-state index < -0.39 is 0 Å². The maximum Gasteiger partial charge on any atom is 0.112 e. The van der Waals surface area contributed by atoms with E-state index in [0.717, 1.165) is 21.4 Å². The van der Waals surface area contributed by atoms with E-state index in [2.05, 4.69) is 15.9 Å². The number of nitrogens with two attached hydrogens (primary N) is 1. The number of fused-ring (bicyclic) bond motifs is 1. The molecule has 0 radical (unpaired) electrons. The number of hydrogen-bond donors (Lipinski definition) is 1. The molecule has 2 aromatic heterocycles. The molecule has 0 bridgehead atoms. The Labute approximate surface area is 79.1 Å². The van der Waals surface area contributed by atoms with Crippen molar-refractivity contribution in [2.75, 3.05) is 5.73 Å². The topological polar surface area (TPSA) is 30.4 Å². The van der Waals surface area contributed by atoms with Crippen LogP contribution in [0.5, 0.6) is 0 Å². The van der Waals surface area contributed by atoms with E-state index in [1.165, 1.54) is 0 Å². The van der Waals surface area contributed by atoms with E-state index in [4.69, 9.17) is 5.73 Å². The van der Waals surface area contributed by atoms with Gasteiger partial charge in [0, 0.05) is 16.2 Å². The quantitative estimate of drug-likeness (QED) is 0.733. The minimum absolute atomic E-state index is 0.803. The van der Waals surface area contributed by atoms with E-state index in [1.807, 2.05) is 35.7 Å². The Hall–Kier alpha value is -0.960. The van der Waals surface area contributed by atoms with Crippen LogP contribution in [0.25, 0.3) is 5.52 Å². The average Bonchev–Trinajstić information content (AvgIpc) is 2.33. The number of rotatable bonds is 0. The molecule has 0 aliphatic rings. The van der Waals surface area contributed by atoms with Gasteiger partial charge in [-0.05, 0) is 35.0 Å². The number of anilines is 1. The molecule has 0 saturated heterocycles. The molecule has 2 rings (SSSR count). The molecule has 0 aromatic carbocycles. The van der Waals surface area contributed by atoms with Gasteiger partial charge in [-0.15, -0.1) is 0 Å². The molecule has 0 atom stereocenters. The first-order valence-corrected chi connectivity index (χ1v) is 4.51. The molecule has 3 heteroatoms. The molecule has 2 nitrogen and oxygen atoms in total. The SMILES string of the molecule is Cc1c(Br)c2ccccn2c1N. The third-order valence-corrected chi connectivity index (χ3v) is 3.06. The Morgan fingerprint density at radius 1 is 1.42 bits per heavy atom. The predicted octanol–water partition coefficient (Wildman–Crippen LogP) is 2.59. The summed E-state index contributed by atoms with van der Waals surface area (Å²) in [6.07, 6.45) is 1.96. The lowest BCUT2D eigenvalue weighted by Crippen LogP contribution is -1.92. The molecule has 12 heavy (non-hydrogen) atoms. The number of nitrogens with zero attached hydrogens (tertiary/aromatic N) is 1. The molecule has 2 N–H and O–H groups in total. The van der Waals surface area contributed by atoms with E-state index in [-0.39, 0.29) is 0 Å². The Morgan fingerprint density at radius 3 is 2.83 bits per heavy atom. The summed E-state index contributed by atoms with van der Waals surface area (Å²) in [6.45, 7) is 2.01. The van der Waals surface area contributed by atoms with Crippen LogP contribution in [0.15, 0.2) is 28.9 Å². The maximum atomic E-state index is 5.87. The third-order valence-electron chi connectivity index (χ3n) is 2.06. The van der Waals surface area contributed by atoms with Gasteiger partial charge in [-0.3, -0.25) is 0 Å². The lowest BCUT2D eigenvalue weighted by atomic mass is 10.3. The van der Waals surface area contributed by atoms with Gasteiger partial charge in [-0.1, -0.05) is 6.07 Å². The van der Waals surface area contributed by atoms with Gasteiger partial charge in [-0.2, -0.15) is 0 Å². The number of hydrogen-bond acceptors (Lipinski definition) is 1. The van der Waals surface area contributed by atoms with Crippen molar-refractivity contribution in [2.45, 2.75) is 6.92 Å². The molecule has 0 amide bonds. The normalized spacial score (nSPS) is 10.8. The molecule has 0 aliphatic carbocycles. The third kappa shape index (κ3) is 0.862. The van der Waals surface area contributed by atoms with Gasteiger partial charge in [0.1, 0.15) is 5.82 Å². The van der Waals surface area contributed by atoms with Crippen molar-refractivity contribution in [3.63, 3.8) is 0 Å².